The standard InChI is InChI=1S/C16H20ClN3S/c1-10-7-11(2)15(14(17)8-10)19-16(21)18-9-13-6-5-12(3)20(13)4/h5-8H,9H2,1-4H3,(H2,18,19,21). The van der Waals surface area contributed by atoms with E-state index in [9.17, 15) is 0 Å². The molecule has 0 fully saturated rings. The topological polar surface area (TPSA) is 29.0 Å². The normalized spacial score (nSPS) is 10.5. The van der Waals surface area contributed by atoms with E-state index in [1.54, 1.807) is 0 Å². The molecule has 0 aliphatic rings. The van der Waals surface area contributed by atoms with Crippen LogP contribution < -0.4 is 10.6 Å². The molecule has 0 atom stereocenters. The zero-order valence-corrected chi connectivity index (χ0v) is 14.3. The highest BCUT2D eigenvalue weighted by Crippen LogP contribution is 2.27. The molecule has 0 unspecified atom stereocenters. The van der Waals surface area contributed by atoms with Crippen molar-refractivity contribution in [1.29, 1.82) is 0 Å². The second kappa shape index (κ2) is 6.50. The smallest absolute Gasteiger partial charge is 0.171 e. The highest BCUT2D eigenvalue weighted by atomic mass is 35.5. The van der Waals surface area contributed by atoms with Crippen LogP contribution in [0.1, 0.15) is 22.5 Å². The number of aromatic nitrogens is 1. The zero-order chi connectivity index (χ0) is 15.6. The first kappa shape index (κ1) is 15.9. The van der Waals surface area contributed by atoms with E-state index >= 15 is 0 Å². The van der Waals surface area contributed by atoms with Gasteiger partial charge in [-0.15, -0.1) is 0 Å². The first-order valence-corrected chi connectivity index (χ1v) is 7.60. The molecule has 3 nitrogen and oxygen atoms in total. The Hall–Kier alpha value is -1.52. The van der Waals surface area contributed by atoms with Crippen LogP contribution in [0.5, 0.6) is 0 Å². The van der Waals surface area contributed by atoms with E-state index in [0.717, 1.165) is 16.8 Å². The van der Waals surface area contributed by atoms with Gasteiger partial charge in [0.1, 0.15) is 0 Å². The average molecular weight is 322 g/mol. The zero-order valence-electron chi connectivity index (χ0n) is 12.7. The van der Waals surface area contributed by atoms with Crippen LogP contribution in [0.2, 0.25) is 5.02 Å². The maximum absolute atomic E-state index is 6.27. The number of anilines is 1. The monoisotopic (exact) mass is 321 g/mol. The van der Waals surface area contributed by atoms with Gasteiger partial charge < -0.3 is 15.2 Å². The van der Waals surface area contributed by atoms with E-state index < -0.39 is 0 Å². The first-order valence-electron chi connectivity index (χ1n) is 6.81. The Labute approximate surface area is 136 Å². The van der Waals surface area contributed by atoms with Crippen LogP contribution in [-0.2, 0) is 13.6 Å². The number of nitrogens with zero attached hydrogens (tertiary/aromatic N) is 1. The molecule has 1 heterocycles. The van der Waals surface area contributed by atoms with Gasteiger partial charge in [-0.3, -0.25) is 0 Å². The molecule has 0 saturated heterocycles. The SMILES string of the molecule is Cc1cc(C)c(NC(=S)NCc2ccc(C)n2C)c(Cl)c1. The van der Waals surface area contributed by atoms with Crippen LogP contribution in [0, 0.1) is 20.8 Å². The highest BCUT2D eigenvalue weighted by Gasteiger charge is 2.08. The van der Waals surface area contributed by atoms with Crippen molar-refractivity contribution in [3.63, 3.8) is 0 Å². The van der Waals surface area contributed by atoms with E-state index in [2.05, 4.69) is 40.3 Å². The maximum Gasteiger partial charge on any atom is 0.171 e. The van der Waals surface area contributed by atoms with Gasteiger partial charge in [0, 0.05) is 18.4 Å². The van der Waals surface area contributed by atoms with Crippen molar-refractivity contribution in [1.82, 2.24) is 9.88 Å². The molecule has 0 amide bonds. The molecule has 0 aliphatic carbocycles. The highest BCUT2D eigenvalue weighted by molar-refractivity contribution is 7.80. The summed E-state index contributed by atoms with van der Waals surface area (Å²) in [5.74, 6) is 0. The third kappa shape index (κ3) is 3.77. The van der Waals surface area contributed by atoms with Crippen molar-refractivity contribution in [3.05, 3.63) is 51.8 Å². The molecule has 0 radical (unpaired) electrons. The number of rotatable bonds is 3. The van der Waals surface area contributed by atoms with E-state index in [1.165, 1.54) is 11.4 Å². The summed E-state index contributed by atoms with van der Waals surface area (Å²) in [5, 5.41) is 7.65. The van der Waals surface area contributed by atoms with Crippen molar-refractivity contribution >= 4 is 34.6 Å². The van der Waals surface area contributed by atoms with Gasteiger partial charge in [-0.2, -0.15) is 0 Å². The molecule has 0 aliphatic heterocycles. The summed E-state index contributed by atoms with van der Waals surface area (Å²) in [7, 11) is 2.05. The van der Waals surface area contributed by atoms with Gasteiger partial charge in [-0.05, 0) is 62.3 Å². The predicted molar refractivity (Wildman–Crippen MR) is 94.1 cm³/mol. The van der Waals surface area contributed by atoms with Gasteiger partial charge >= 0.3 is 0 Å². The van der Waals surface area contributed by atoms with Crippen molar-refractivity contribution in [2.24, 2.45) is 7.05 Å². The number of hydrogen-bond acceptors (Lipinski definition) is 1. The molecular weight excluding hydrogens is 302 g/mol. The second-order valence-electron chi connectivity index (χ2n) is 5.27. The third-order valence-electron chi connectivity index (χ3n) is 3.58. The number of aryl methyl sites for hydroxylation is 3. The van der Waals surface area contributed by atoms with Gasteiger partial charge in [0.15, 0.2) is 5.11 Å². The lowest BCUT2D eigenvalue weighted by atomic mass is 10.1. The number of benzene rings is 1. The fourth-order valence-corrected chi connectivity index (χ4v) is 2.79. The lowest BCUT2D eigenvalue weighted by Crippen LogP contribution is -2.29. The number of nitrogens with one attached hydrogen (secondary N) is 2. The van der Waals surface area contributed by atoms with Gasteiger partial charge in [-0.25, -0.2) is 0 Å². The number of thiocarbonyl (C=S) groups is 1. The lowest BCUT2D eigenvalue weighted by molar-refractivity contribution is 0.764. The Kier molecular flexibility index (Phi) is 4.91. The van der Waals surface area contributed by atoms with Crippen LogP contribution in [0.3, 0.4) is 0 Å². The number of halogens is 1. The summed E-state index contributed by atoms with van der Waals surface area (Å²) in [6, 6.07) is 8.20. The first-order chi connectivity index (χ1) is 9.88. The molecule has 112 valence electrons. The van der Waals surface area contributed by atoms with Crippen molar-refractivity contribution in [2.45, 2.75) is 27.3 Å². The summed E-state index contributed by atoms with van der Waals surface area (Å²) in [4.78, 5) is 0. The average Bonchev–Trinajstić information content (AvgIpc) is 2.72. The molecule has 1 aromatic carbocycles. The Morgan fingerprint density at radius 2 is 1.95 bits per heavy atom. The predicted octanol–water partition coefficient (Wildman–Crippen LogP) is 4.09. The van der Waals surface area contributed by atoms with Gasteiger partial charge in [0.05, 0.1) is 17.3 Å². The lowest BCUT2D eigenvalue weighted by Gasteiger charge is -2.15. The minimum atomic E-state index is 0.572. The van der Waals surface area contributed by atoms with Gasteiger partial charge in [0.2, 0.25) is 0 Å². The van der Waals surface area contributed by atoms with Crippen molar-refractivity contribution < 1.29 is 0 Å². The fraction of sp³-hybridized carbons (Fsp3) is 0.312. The molecule has 2 aromatic rings. The van der Waals surface area contributed by atoms with Gasteiger partial charge in [-0.1, -0.05) is 17.7 Å². The van der Waals surface area contributed by atoms with Crippen LogP contribution >= 0.6 is 23.8 Å². The minimum Gasteiger partial charge on any atom is -0.357 e. The Balaban J connectivity index is 2.01. The quantitative estimate of drug-likeness (QED) is 0.834. The molecular formula is C16H20ClN3S. The summed E-state index contributed by atoms with van der Waals surface area (Å²) in [6.07, 6.45) is 0. The fourth-order valence-electron chi connectivity index (χ4n) is 2.25. The molecule has 0 saturated carbocycles. The Morgan fingerprint density at radius 1 is 1.24 bits per heavy atom. The summed E-state index contributed by atoms with van der Waals surface area (Å²) < 4.78 is 2.14. The van der Waals surface area contributed by atoms with Crippen molar-refractivity contribution in [2.75, 3.05) is 5.32 Å². The van der Waals surface area contributed by atoms with E-state index in [0.29, 0.717) is 16.7 Å². The molecule has 21 heavy (non-hydrogen) atoms. The van der Waals surface area contributed by atoms with E-state index in [4.69, 9.17) is 23.8 Å². The molecule has 0 spiro atoms. The van der Waals surface area contributed by atoms with Gasteiger partial charge in [0.25, 0.3) is 0 Å². The molecule has 2 rings (SSSR count). The molecule has 5 heteroatoms. The van der Waals surface area contributed by atoms with E-state index in [-0.39, 0.29) is 0 Å². The summed E-state index contributed by atoms with van der Waals surface area (Å²) >= 11 is 11.6. The molecule has 2 N–H and O–H groups in total. The van der Waals surface area contributed by atoms with Crippen LogP contribution in [0.15, 0.2) is 24.3 Å². The van der Waals surface area contributed by atoms with E-state index in [1.807, 2.05) is 27.0 Å². The Morgan fingerprint density at radius 3 is 2.52 bits per heavy atom. The largest absolute Gasteiger partial charge is 0.357 e. The van der Waals surface area contributed by atoms with Crippen LogP contribution in [-0.4, -0.2) is 9.68 Å². The van der Waals surface area contributed by atoms with Crippen LogP contribution in [0.25, 0.3) is 0 Å². The minimum absolute atomic E-state index is 0.572. The number of hydrogen-bond donors (Lipinski definition) is 2. The third-order valence-corrected chi connectivity index (χ3v) is 4.12. The second-order valence-corrected chi connectivity index (χ2v) is 6.09. The molecule has 0 bridgehead atoms. The Bertz CT molecular complexity index is 653. The van der Waals surface area contributed by atoms with Crippen LogP contribution in [0.4, 0.5) is 5.69 Å². The van der Waals surface area contributed by atoms with Crippen molar-refractivity contribution in [3.8, 4) is 0 Å². The molecule has 1 aromatic heterocycles. The summed E-state index contributed by atoms with van der Waals surface area (Å²) in [5.41, 5.74) is 5.49. The summed E-state index contributed by atoms with van der Waals surface area (Å²) in [6.45, 7) is 6.80. The maximum atomic E-state index is 6.27.